The number of hydrogen-bond donors (Lipinski definition) is 1. The van der Waals surface area contributed by atoms with Gasteiger partial charge in [0.25, 0.3) is 5.91 Å². The van der Waals surface area contributed by atoms with E-state index in [4.69, 9.17) is 4.98 Å². The van der Waals surface area contributed by atoms with Gasteiger partial charge in [0.15, 0.2) is 0 Å². The molecule has 0 atom stereocenters. The average Bonchev–Trinajstić information content (AvgIpc) is 3.11. The summed E-state index contributed by atoms with van der Waals surface area (Å²) in [6.07, 6.45) is 7.05. The largest absolute Gasteiger partial charge is 0.354 e. The molecule has 0 unspecified atom stereocenters. The van der Waals surface area contributed by atoms with Crippen LogP contribution in [0.15, 0.2) is 30.6 Å². The number of pyridine rings is 1. The van der Waals surface area contributed by atoms with Crippen molar-refractivity contribution >= 4 is 34.4 Å². The van der Waals surface area contributed by atoms with E-state index in [9.17, 15) is 4.79 Å². The number of piperazine rings is 1. The van der Waals surface area contributed by atoms with Crippen LogP contribution in [0.3, 0.4) is 0 Å². The molecule has 172 valence electrons. The maximum absolute atomic E-state index is 12.9. The fourth-order valence-corrected chi connectivity index (χ4v) is 5.43. The molecule has 0 aromatic carbocycles. The molecule has 9 nitrogen and oxygen atoms in total. The van der Waals surface area contributed by atoms with Crippen LogP contribution in [-0.2, 0) is 5.54 Å². The van der Waals surface area contributed by atoms with Crippen LogP contribution in [-0.4, -0.2) is 82.5 Å². The minimum atomic E-state index is 0.0101. The Morgan fingerprint density at radius 2 is 1.85 bits per heavy atom. The zero-order valence-corrected chi connectivity index (χ0v) is 19.5. The van der Waals surface area contributed by atoms with Gasteiger partial charge < -0.3 is 24.6 Å². The van der Waals surface area contributed by atoms with Gasteiger partial charge in [-0.15, -0.1) is 0 Å². The Hall–Kier alpha value is -3.20. The number of nitrogens with one attached hydrogen (secondary N) is 1. The van der Waals surface area contributed by atoms with Crippen LogP contribution in [0.4, 0.5) is 17.5 Å². The third-order valence-electron chi connectivity index (χ3n) is 7.48. The van der Waals surface area contributed by atoms with E-state index in [-0.39, 0.29) is 11.4 Å². The first-order valence-corrected chi connectivity index (χ1v) is 11.7. The first kappa shape index (κ1) is 20.4. The summed E-state index contributed by atoms with van der Waals surface area (Å²) in [5.74, 6) is 2.32. The van der Waals surface area contributed by atoms with Crippen molar-refractivity contribution in [3.8, 4) is 0 Å². The first-order chi connectivity index (χ1) is 15.9. The number of carbonyl (C=O) groups excluding carboxylic acids is 1. The summed E-state index contributed by atoms with van der Waals surface area (Å²) in [7, 11) is 5.74. The molecule has 33 heavy (non-hydrogen) atoms. The predicted molar refractivity (Wildman–Crippen MR) is 128 cm³/mol. The van der Waals surface area contributed by atoms with E-state index in [1.54, 1.807) is 19.0 Å². The second kappa shape index (κ2) is 7.41. The summed E-state index contributed by atoms with van der Waals surface area (Å²) < 4.78 is 2.19. The van der Waals surface area contributed by atoms with E-state index in [0.29, 0.717) is 11.6 Å². The zero-order valence-electron chi connectivity index (χ0n) is 19.5. The number of hydrogen-bond acceptors (Lipinski definition) is 7. The van der Waals surface area contributed by atoms with Gasteiger partial charge >= 0.3 is 0 Å². The maximum atomic E-state index is 12.9. The minimum absolute atomic E-state index is 0.0101. The molecule has 3 aliphatic carbocycles. The van der Waals surface area contributed by atoms with Crippen LogP contribution in [0.2, 0.25) is 0 Å². The maximum Gasteiger partial charge on any atom is 0.270 e. The van der Waals surface area contributed by atoms with Gasteiger partial charge in [-0.1, -0.05) is 0 Å². The van der Waals surface area contributed by atoms with Crippen LogP contribution in [0, 0.1) is 5.92 Å². The number of amides is 1. The minimum Gasteiger partial charge on any atom is -0.354 e. The van der Waals surface area contributed by atoms with E-state index in [1.165, 1.54) is 0 Å². The normalized spacial score (nSPS) is 24.3. The Morgan fingerprint density at radius 1 is 1.09 bits per heavy atom. The van der Waals surface area contributed by atoms with Gasteiger partial charge in [-0.2, -0.15) is 4.98 Å². The Kier molecular flexibility index (Phi) is 4.58. The van der Waals surface area contributed by atoms with Crippen LogP contribution in [0.25, 0.3) is 11.0 Å². The Bertz CT molecular complexity index is 1190. The van der Waals surface area contributed by atoms with Crippen molar-refractivity contribution in [2.75, 3.05) is 57.5 Å². The fourth-order valence-electron chi connectivity index (χ4n) is 5.43. The summed E-state index contributed by atoms with van der Waals surface area (Å²) >= 11 is 0. The van der Waals surface area contributed by atoms with Crippen molar-refractivity contribution < 1.29 is 4.79 Å². The van der Waals surface area contributed by atoms with Crippen LogP contribution >= 0.6 is 0 Å². The molecule has 3 aromatic rings. The second-order valence-corrected chi connectivity index (χ2v) is 10.1. The molecule has 3 saturated carbocycles. The molecule has 1 N–H and O–H groups in total. The molecule has 1 aliphatic heterocycles. The van der Waals surface area contributed by atoms with Gasteiger partial charge in [0, 0.05) is 57.4 Å². The summed E-state index contributed by atoms with van der Waals surface area (Å²) in [5, 5.41) is 4.20. The predicted octanol–water partition coefficient (Wildman–Crippen LogP) is 2.53. The zero-order chi connectivity index (χ0) is 22.7. The van der Waals surface area contributed by atoms with Gasteiger partial charge in [-0.25, -0.2) is 9.97 Å². The summed E-state index contributed by atoms with van der Waals surface area (Å²) in [6.45, 7) is 4.08. The second-order valence-electron chi connectivity index (χ2n) is 10.1. The number of nitrogens with zero attached hydrogens (tertiary/aromatic N) is 7. The van der Waals surface area contributed by atoms with E-state index in [1.807, 2.05) is 30.6 Å². The highest BCUT2D eigenvalue weighted by Crippen LogP contribution is 2.63. The van der Waals surface area contributed by atoms with Crippen molar-refractivity contribution in [1.82, 2.24) is 29.3 Å². The number of likely N-dealkylation sites (N-methyl/N-ethyl adjacent to an activating group) is 1. The summed E-state index contributed by atoms with van der Waals surface area (Å²) in [5.41, 5.74) is 2.43. The molecule has 7 rings (SSSR count). The van der Waals surface area contributed by atoms with Gasteiger partial charge in [-0.05, 0) is 50.4 Å². The number of rotatable bonds is 5. The number of fused-ring (bicyclic) bond motifs is 1. The van der Waals surface area contributed by atoms with E-state index in [2.05, 4.69) is 36.7 Å². The molecule has 9 heteroatoms. The lowest BCUT2D eigenvalue weighted by Crippen LogP contribution is -2.60. The molecule has 0 radical (unpaired) electrons. The lowest BCUT2D eigenvalue weighted by atomic mass is 9.49. The lowest BCUT2D eigenvalue weighted by Gasteiger charge is -2.62. The van der Waals surface area contributed by atoms with Crippen molar-refractivity contribution in [2.45, 2.75) is 24.8 Å². The molecule has 3 aromatic heterocycles. The van der Waals surface area contributed by atoms with Crippen LogP contribution in [0.5, 0.6) is 0 Å². The van der Waals surface area contributed by atoms with Crippen molar-refractivity contribution in [3.63, 3.8) is 0 Å². The van der Waals surface area contributed by atoms with E-state index in [0.717, 1.165) is 73.9 Å². The van der Waals surface area contributed by atoms with Gasteiger partial charge in [0.1, 0.15) is 17.2 Å². The van der Waals surface area contributed by atoms with Gasteiger partial charge in [-0.3, -0.25) is 4.79 Å². The Balaban J connectivity index is 1.28. The first-order valence-electron chi connectivity index (χ1n) is 11.7. The van der Waals surface area contributed by atoms with E-state index >= 15 is 0 Å². The Labute approximate surface area is 193 Å². The number of anilines is 3. The number of carbonyl (C=O) groups is 1. The van der Waals surface area contributed by atoms with Crippen LogP contribution < -0.4 is 10.2 Å². The molecule has 4 heterocycles. The smallest absolute Gasteiger partial charge is 0.270 e. The molecule has 0 spiro atoms. The molecule has 4 aliphatic rings. The van der Waals surface area contributed by atoms with E-state index < -0.39 is 0 Å². The lowest BCUT2D eigenvalue weighted by molar-refractivity contribution is -0.0870. The monoisotopic (exact) mass is 446 g/mol. The third kappa shape index (κ3) is 3.33. The summed E-state index contributed by atoms with van der Waals surface area (Å²) in [6, 6.07) is 6.01. The highest BCUT2D eigenvalue weighted by Gasteiger charge is 2.59. The summed E-state index contributed by atoms with van der Waals surface area (Å²) in [4.78, 5) is 33.2. The number of aromatic nitrogens is 4. The molecular weight excluding hydrogens is 416 g/mol. The third-order valence-corrected chi connectivity index (χ3v) is 7.48. The molecule has 2 bridgehead atoms. The Morgan fingerprint density at radius 3 is 2.45 bits per heavy atom. The topological polar surface area (TPSA) is 82.4 Å². The van der Waals surface area contributed by atoms with Crippen molar-refractivity contribution in [3.05, 3.63) is 36.3 Å². The molecular formula is C24H30N8O. The van der Waals surface area contributed by atoms with Crippen LogP contribution in [0.1, 0.15) is 29.8 Å². The molecule has 1 amide bonds. The highest BCUT2D eigenvalue weighted by molar-refractivity contribution is 5.98. The SMILES string of the molecule is CN1CCN(c2ccc(Nc3ncc4cc(C(=O)N(C)C)n(C56CC(C5)C6)c4n3)cn2)CC1. The fraction of sp³-hybridized carbons (Fsp3) is 0.500. The quantitative estimate of drug-likeness (QED) is 0.645. The highest BCUT2D eigenvalue weighted by atomic mass is 16.2. The molecule has 1 saturated heterocycles. The average molecular weight is 447 g/mol. The van der Waals surface area contributed by atoms with Gasteiger partial charge in [0.2, 0.25) is 5.95 Å². The standard InChI is InChI=1S/C24H30N8O/c1-29(2)22(33)19-10-17-14-26-23(28-21(17)32(19)24-11-16(12-24)13-24)27-18-4-5-20(25-15-18)31-8-6-30(3)7-9-31/h4-5,10,14-16H,6-9,11-13H2,1-3H3,(H,26,27,28). The van der Waals surface area contributed by atoms with Crippen molar-refractivity contribution in [1.29, 1.82) is 0 Å². The van der Waals surface area contributed by atoms with Gasteiger partial charge in [0.05, 0.1) is 11.9 Å². The van der Waals surface area contributed by atoms with Crippen molar-refractivity contribution in [2.24, 2.45) is 5.92 Å². The molecule has 4 fully saturated rings.